The zero-order valence-electron chi connectivity index (χ0n) is 12.8. The van der Waals surface area contributed by atoms with Crippen LogP contribution in [0.3, 0.4) is 0 Å². The molecule has 1 aromatic rings. The first-order valence-electron chi connectivity index (χ1n) is 7.68. The van der Waals surface area contributed by atoms with Gasteiger partial charge in [0.05, 0.1) is 11.8 Å². The molecule has 5 nitrogen and oxygen atoms in total. The minimum atomic E-state index is -0.394. The summed E-state index contributed by atoms with van der Waals surface area (Å²) < 4.78 is 0. The number of amides is 3. The summed E-state index contributed by atoms with van der Waals surface area (Å²) in [4.78, 5) is 37.8. The third kappa shape index (κ3) is 3.32. The minimum Gasteiger partial charge on any atom is -0.350 e. The molecule has 0 aromatic heterocycles. The molecule has 0 saturated carbocycles. The molecular weight excluding hydrogens is 351 g/mol. The first-order valence-corrected chi connectivity index (χ1v) is 8.44. The summed E-state index contributed by atoms with van der Waals surface area (Å²) in [5, 5.41) is 3.65. The van der Waals surface area contributed by atoms with Crippen molar-refractivity contribution in [3.63, 3.8) is 0 Å². The second-order valence-electron chi connectivity index (χ2n) is 5.93. The van der Waals surface area contributed by atoms with Crippen LogP contribution < -0.4 is 5.32 Å². The summed E-state index contributed by atoms with van der Waals surface area (Å²) in [5.74, 6) is -1.54. The van der Waals surface area contributed by atoms with Gasteiger partial charge in [-0.1, -0.05) is 41.4 Å². The van der Waals surface area contributed by atoms with Crippen LogP contribution in [0.2, 0.25) is 10.0 Å². The molecule has 7 heteroatoms. The quantitative estimate of drug-likeness (QED) is 0.657. The lowest BCUT2D eigenvalue weighted by Gasteiger charge is -2.14. The van der Waals surface area contributed by atoms with Crippen LogP contribution in [0.25, 0.3) is 0 Å². The van der Waals surface area contributed by atoms with Crippen molar-refractivity contribution in [1.82, 2.24) is 10.2 Å². The molecule has 1 aromatic carbocycles. The van der Waals surface area contributed by atoms with Gasteiger partial charge in [-0.3, -0.25) is 19.3 Å². The molecule has 2 atom stereocenters. The van der Waals surface area contributed by atoms with Gasteiger partial charge in [0.1, 0.15) is 6.54 Å². The molecule has 24 heavy (non-hydrogen) atoms. The van der Waals surface area contributed by atoms with Crippen molar-refractivity contribution in [1.29, 1.82) is 0 Å². The lowest BCUT2D eigenvalue weighted by Crippen LogP contribution is -2.40. The van der Waals surface area contributed by atoms with Gasteiger partial charge in [0.2, 0.25) is 17.7 Å². The topological polar surface area (TPSA) is 66.5 Å². The fourth-order valence-electron chi connectivity index (χ4n) is 3.08. The first-order chi connectivity index (χ1) is 11.5. The van der Waals surface area contributed by atoms with Crippen molar-refractivity contribution < 1.29 is 14.4 Å². The SMILES string of the molecule is O=C(CN1C(=O)[C@@H]2CC=CC[C@H]2C1=O)NCc1ccc(Cl)cc1Cl. The van der Waals surface area contributed by atoms with E-state index >= 15 is 0 Å². The third-order valence-electron chi connectivity index (χ3n) is 4.39. The zero-order valence-corrected chi connectivity index (χ0v) is 14.3. The fraction of sp³-hybridized carbons (Fsp3) is 0.353. The number of hydrogen-bond donors (Lipinski definition) is 1. The highest BCUT2D eigenvalue weighted by atomic mass is 35.5. The summed E-state index contributed by atoms with van der Waals surface area (Å²) >= 11 is 11.9. The van der Waals surface area contributed by atoms with Crippen molar-refractivity contribution in [2.75, 3.05) is 6.54 Å². The maximum Gasteiger partial charge on any atom is 0.240 e. The molecule has 2 aliphatic rings. The Balaban J connectivity index is 1.59. The van der Waals surface area contributed by atoms with Gasteiger partial charge in [-0.25, -0.2) is 0 Å². The molecule has 1 aliphatic carbocycles. The second kappa shape index (κ2) is 6.95. The van der Waals surface area contributed by atoms with E-state index in [0.717, 1.165) is 4.90 Å². The third-order valence-corrected chi connectivity index (χ3v) is 4.98. The predicted octanol–water partition coefficient (Wildman–Crippen LogP) is 2.56. The number of benzene rings is 1. The van der Waals surface area contributed by atoms with E-state index in [1.807, 2.05) is 12.2 Å². The fourth-order valence-corrected chi connectivity index (χ4v) is 3.56. The number of likely N-dealkylation sites (tertiary alicyclic amines) is 1. The Bertz CT molecular complexity index is 707. The van der Waals surface area contributed by atoms with Gasteiger partial charge in [0.25, 0.3) is 0 Å². The van der Waals surface area contributed by atoms with E-state index in [1.54, 1.807) is 18.2 Å². The monoisotopic (exact) mass is 366 g/mol. The standard InChI is InChI=1S/C17H16Cl2N2O3/c18-11-6-5-10(14(19)7-11)8-20-15(22)9-21-16(23)12-3-1-2-4-13(12)17(21)24/h1-2,5-7,12-13H,3-4,8-9H2,(H,20,22)/t12-,13-/m1/s1. The molecule has 126 valence electrons. The normalized spacial score (nSPS) is 22.7. The lowest BCUT2D eigenvalue weighted by atomic mass is 9.85. The van der Waals surface area contributed by atoms with Crippen molar-refractivity contribution in [3.8, 4) is 0 Å². The van der Waals surface area contributed by atoms with Crippen molar-refractivity contribution >= 4 is 40.9 Å². The summed E-state index contributed by atoms with van der Waals surface area (Å²) in [7, 11) is 0. The Kier molecular flexibility index (Phi) is 4.92. The Morgan fingerprint density at radius 1 is 1.12 bits per heavy atom. The highest BCUT2D eigenvalue weighted by Gasteiger charge is 2.47. The van der Waals surface area contributed by atoms with Crippen LogP contribution >= 0.6 is 23.2 Å². The summed E-state index contributed by atoms with van der Waals surface area (Å²) in [6.07, 6.45) is 4.96. The second-order valence-corrected chi connectivity index (χ2v) is 6.77. The molecule has 0 bridgehead atoms. The molecule has 1 heterocycles. The van der Waals surface area contributed by atoms with Crippen LogP contribution in [0.4, 0.5) is 0 Å². The molecule has 0 unspecified atom stereocenters. The lowest BCUT2D eigenvalue weighted by molar-refractivity contribution is -0.143. The summed E-state index contributed by atoms with van der Waals surface area (Å²) in [5.41, 5.74) is 0.714. The number of hydrogen-bond acceptors (Lipinski definition) is 3. The van der Waals surface area contributed by atoms with Gasteiger partial charge in [-0.15, -0.1) is 0 Å². The number of fused-ring (bicyclic) bond motifs is 1. The van der Waals surface area contributed by atoms with Crippen LogP contribution in [0.15, 0.2) is 30.4 Å². The minimum absolute atomic E-state index is 0.208. The molecule has 1 fully saturated rings. The Labute approximate surface area is 149 Å². The Hall–Kier alpha value is -1.85. The summed E-state index contributed by atoms with van der Waals surface area (Å²) in [6, 6.07) is 4.99. The van der Waals surface area contributed by atoms with Crippen LogP contribution in [0.1, 0.15) is 18.4 Å². The highest BCUT2D eigenvalue weighted by molar-refractivity contribution is 6.35. The van der Waals surface area contributed by atoms with E-state index in [0.29, 0.717) is 28.5 Å². The number of allylic oxidation sites excluding steroid dienone is 2. The van der Waals surface area contributed by atoms with Crippen LogP contribution in [-0.4, -0.2) is 29.2 Å². The molecule has 1 saturated heterocycles. The van der Waals surface area contributed by atoms with Gasteiger partial charge in [0, 0.05) is 16.6 Å². The van der Waals surface area contributed by atoms with Crippen LogP contribution in [-0.2, 0) is 20.9 Å². The van der Waals surface area contributed by atoms with Gasteiger partial charge in [-0.2, -0.15) is 0 Å². The van der Waals surface area contributed by atoms with E-state index in [9.17, 15) is 14.4 Å². The van der Waals surface area contributed by atoms with E-state index in [-0.39, 0.29) is 36.7 Å². The molecule has 0 spiro atoms. The number of nitrogens with zero attached hydrogens (tertiary/aromatic N) is 1. The van der Waals surface area contributed by atoms with Gasteiger partial charge < -0.3 is 5.32 Å². The maximum atomic E-state index is 12.3. The average molecular weight is 367 g/mol. The molecule has 0 radical (unpaired) electrons. The number of imide groups is 1. The van der Waals surface area contributed by atoms with Gasteiger partial charge >= 0.3 is 0 Å². The van der Waals surface area contributed by atoms with Crippen molar-refractivity contribution in [2.24, 2.45) is 11.8 Å². The van der Waals surface area contributed by atoms with E-state index < -0.39 is 5.91 Å². The molecular formula is C17H16Cl2N2O3. The molecule has 1 N–H and O–H groups in total. The molecule has 3 amide bonds. The zero-order chi connectivity index (χ0) is 17.3. The van der Waals surface area contributed by atoms with E-state index in [1.165, 1.54) is 0 Å². The Morgan fingerprint density at radius 2 is 1.75 bits per heavy atom. The van der Waals surface area contributed by atoms with Gasteiger partial charge in [0.15, 0.2) is 0 Å². The van der Waals surface area contributed by atoms with Crippen molar-refractivity contribution in [2.45, 2.75) is 19.4 Å². The van der Waals surface area contributed by atoms with E-state index in [4.69, 9.17) is 23.2 Å². The van der Waals surface area contributed by atoms with Crippen LogP contribution in [0, 0.1) is 11.8 Å². The summed E-state index contributed by atoms with van der Waals surface area (Å²) in [6.45, 7) is -0.0463. The molecule has 3 rings (SSSR count). The Morgan fingerprint density at radius 3 is 2.33 bits per heavy atom. The number of nitrogens with one attached hydrogen (secondary N) is 1. The first kappa shape index (κ1) is 17.0. The number of carbonyl (C=O) groups excluding carboxylic acids is 3. The van der Waals surface area contributed by atoms with Crippen molar-refractivity contribution in [3.05, 3.63) is 46.0 Å². The van der Waals surface area contributed by atoms with E-state index in [2.05, 4.69) is 5.32 Å². The molecule has 1 aliphatic heterocycles. The van der Waals surface area contributed by atoms with Crippen LogP contribution in [0.5, 0.6) is 0 Å². The number of rotatable bonds is 4. The highest BCUT2D eigenvalue weighted by Crippen LogP contribution is 2.34. The average Bonchev–Trinajstić information content (AvgIpc) is 2.79. The predicted molar refractivity (Wildman–Crippen MR) is 90.4 cm³/mol. The number of halogens is 2. The maximum absolute atomic E-state index is 12.3. The smallest absolute Gasteiger partial charge is 0.240 e. The number of carbonyl (C=O) groups is 3. The largest absolute Gasteiger partial charge is 0.350 e. The van der Waals surface area contributed by atoms with Gasteiger partial charge in [-0.05, 0) is 30.5 Å².